The summed E-state index contributed by atoms with van der Waals surface area (Å²) >= 11 is 0. The first-order chi connectivity index (χ1) is 8.99. The molecule has 0 spiro atoms. The highest BCUT2D eigenvalue weighted by Gasteiger charge is 2.14. The number of anilines is 1. The maximum atomic E-state index is 11.2. The van der Waals surface area contributed by atoms with Crippen molar-refractivity contribution in [3.8, 4) is 11.5 Å². The number of hydrogen-bond donors (Lipinski definition) is 2. The van der Waals surface area contributed by atoms with Crippen molar-refractivity contribution < 1.29 is 14.6 Å². The smallest absolute Gasteiger partial charge is 0.339 e. The van der Waals surface area contributed by atoms with Crippen molar-refractivity contribution >= 4 is 11.8 Å². The number of nitrogens with zero attached hydrogens (tertiary/aromatic N) is 1. The monoisotopic (exact) mass is 258 g/mol. The van der Waals surface area contributed by atoms with Gasteiger partial charge in [0.05, 0.1) is 6.20 Å². The van der Waals surface area contributed by atoms with Crippen LogP contribution in [0.3, 0.4) is 0 Å². The minimum Gasteiger partial charge on any atom is -0.478 e. The van der Waals surface area contributed by atoms with E-state index in [-0.39, 0.29) is 17.1 Å². The molecule has 1 aromatic heterocycles. The van der Waals surface area contributed by atoms with E-state index >= 15 is 0 Å². The number of benzene rings is 1. The normalized spacial score (nSPS) is 10.2. The van der Waals surface area contributed by atoms with Crippen LogP contribution in [0.15, 0.2) is 30.5 Å². The summed E-state index contributed by atoms with van der Waals surface area (Å²) in [5.74, 6) is -0.176. The fourth-order valence-electron chi connectivity index (χ4n) is 1.66. The second-order valence-electron chi connectivity index (χ2n) is 4.21. The van der Waals surface area contributed by atoms with Crippen LogP contribution in [0, 0.1) is 13.8 Å². The summed E-state index contributed by atoms with van der Waals surface area (Å²) in [4.78, 5) is 15.0. The molecule has 0 atom stereocenters. The predicted molar refractivity (Wildman–Crippen MR) is 71.6 cm³/mol. The van der Waals surface area contributed by atoms with Crippen LogP contribution in [0.5, 0.6) is 11.5 Å². The van der Waals surface area contributed by atoms with Crippen molar-refractivity contribution in [1.82, 2.24) is 4.98 Å². The first-order valence-corrected chi connectivity index (χ1v) is 5.72. The molecule has 1 heterocycles. The number of carboxylic acids is 1. The van der Waals surface area contributed by atoms with Crippen LogP contribution in [0.25, 0.3) is 0 Å². The molecule has 0 amide bonds. The molecule has 19 heavy (non-hydrogen) atoms. The van der Waals surface area contributed by atoms with Crippen molar-refractivity contribution in [1.29, 1.82) is 0 Å². The van der Waals surface area contributed by atoms with Gasteiger partial charge in [-0.25, -0.2) is 9.78 Å². The summed E-state index contributed by atoms with van der Waals surface area (Å²) in [6, 6.07) is 6.87. The van der Waals surface area contributed by atoms with Crippen molar-refractivity contribution in [3.63, 3.8) is 0 Å². The quantitative estimate of drug-likeness (QED) is 0.884. The van der Waals surface area contributed by atoms with Crippen LogP contribution in [0.1, 0.15) is 21.5 Å². The Morgan fingerprint density at radius 3 is 2.74 bits per heavy atom. The Balaban J connectivity index is 2.44. The average Bonchev–Trinajstić information content (AvgIpc) is 2.36. The highest BCUT2D eigenvalue weighted by Crippen LogP contribution is 2.29. The molecule has 0 bridgehead atoms. The van der Waals surface area contributed by atoms with E-state index in [0.29, 0.717) is 5.75 Å². The number of carbonyl (C=O) groups is 1. The van der Waals surface area contributed by atoms with E-state index in [9.17, 15) is 4.79 Å². The third kappa shape index (κ3) is 2.65. The van der Waals surface area contributed by atoms with Gasteiger partial charge in [-0.1, -0.05) is 12.1 Å². The summed E-state index contributed by atoms with van der Waals surface area (Å²) < 4.78 is 5.64. The molecule has 3 N–H and O–H groups in total. The average molecular weight is 258 g/mol. The zero-order valence-electron chi connectivity index (χ0n) is 10.7. The van der Waals surface area contributed by atoms with Crippen molar-refractivity contribution in [2.75, 3.05) is 5.73 Å². The van der Waals surface area contributed by atoms with Crippen LogP contribution in [0.2, 0.25) is 0 Å². The number of aromatic carboxylic acids is 1. The Hall–Kier alpha value is -2.56. The highest BCUT2D eigenvalue weighted by molar-refractivity contribution is 5.91. The molecule has 0 aliphatic heterocycles. The molecule has 5 heteroatoms. The Morgan fingerprint density at radius 2 is 2.05 bits per heavy atom. The lowest BCUT2D eigenvalue weighted by atomic mass is 10.1. The van der Waals surface area contributed by atoms with Crippen LogP contribution >= 0.6 is 0 Å². The fraction of sp³-hybridized carbons (Fsp3) is 0.143. The lowest BCUT2D eigenvalue weighted by molar-refractivity contribution is 0.0694. The van der Waals surface area contributed by atoms with E-state index in [2.05, 4.69) is 4.98 Å². The van der Waals surface area contributed by atoms with Crippen LogP contribution in [-0.2, 0) is 0 Å². The van der Waals surface area contributed by atoms with Gasteiger partial charge in [-0.05, 0) is 37.1 Å². The third-order valence-electron chi connectivity index (χ3n) is 2.89. The second-order valence-corrected chi connectivity index (χ2v) is 4.21. The van der Waals surface area contributed by atoms with Gasteiger partial charge in [-0.15, -0.1) is 0 Å². The molecule has 0 unspecified atom stereocenters. The van der Waals surface area contributed by atoms with E-state index in [0.717, 1.165) is 11.1 Å². The van der Waals surface area contributed by atoms with Crippen molar-refractivity contribution in [2.24, 2.45) is 0 Å². The molecule has 0 aliphatic rings. The van der Waals surface area contributed by atoms with Crippen molar-refractivity contribution in [2.45, 2.75) is 13.8 Å². The third-order valence-corrected chi connectivity index (χ3v) is 2.89. The van der Waals surface area contributed by atoms with Gasteiger partial charge in [-0.2, -0.15) is 0 Å². The maximum Gasteiger partial charge on any atom is 0.339 e. The van der Waals surface area contributed by atoms with Crippen LogP contribution < -0.4 is 10.5 Å². The van der Waals surface area contributed by atoms with Gasteiger partial charge in [-0.3, -0.25) is 0 Å². The van der Waals surface area contributed by atoms with Crippen LogP contribution in [0.4, 0.5) is 5.82 Å². The van der Waals surface area contributed by atoms with E-state index in [1.807, 2.05) is 26.0 Å². The first-order valence-electron chi connectivity index (χ1n) is 5.72. The van der Waals surface area contributed by atoms with Gasteiger partial charge in [0.15, 0.2) is 5.75 Å². The Labute approximate surface area is 110 Å². The predicted octanol–water partition coefficient (Wildman–Crippen LogP) is 2.77. The Morgan fingerprint density at radius 1 is 1.32 bits per heavy atom. The summed E-state index contributed by atoms with van der Waals surface area (Å²) in [6.07, 6.45) is 1.32. The molecule has 2 rings (SSSR count). The zero-order valence-corrected chi connectivity index (χ0v) is 10.7. The molecule has 1 aromatic carbocycles. The Kier molecular flexibility index (Phi) is 3.37. The molecule has 0 radical (unpaired) electrons. The molecule has 0 fully saturated rings. The zero-order chi connectivity index (χ0) is 14.0. The van der Waals surface area contributed by atoms with E-state index in [1.54, 1.807) is 6.07 Å². The molecule has 2 aromatic rings. The van der Waals surface area contributed by atoms with Gasteiger partial charge < -0.3 is 15.6 Å². The van der Waals surface area contributed by atoms with E-state index in [1.165, 1.54) is 12.3 Å². The molecular weight excluding hydrogens is 244 g/mol. The molecular formula is C14H14N2O3. The molecule has 0 aliphatic carbocycles. The fourth-order valence-corrected chi connectivity index (χ4v) is 1.66. The van der Waals surface area contributed by atoms with Gasteiger partial charge in [0.1, 0.15) is 17.1 Å². The molecule has 0 saturated heterocycles. The van der Waals surface area contributed by atoms with Gasteiger partial charge in [0.2, 0.25) is 0 Å². The van der Waals surface area contributed by atoms with Gasteiger partial charge in [0, 0.05) is 0 Å². The molecule has 98 valence electrons. The summed E-state index contributed by atoms with van der Waals surface area (Å²) in [7, 11) is 0. The Bertz CT molecular complexity index is 639. The summed E-state index contributed by atoms with van der Waals surface area (Å²) in [5, 5.41) is 9.13. The minimum absolute atomic E-state index is 0.00611. The number of hydrogen-bond acceptors (Lipinski definition) is 4. The van der Waals surface area contributed by atoms with Gasteiger partial charge in [0.25, 0.3) is 0 Å². The largest absolute Gasteiger partial charge is 0.478 e. The SMILES string of the molecule is Cc1cccc(Oc2cnc(N)cc2C(=O)O)c1C. The number of nitrogen functional groups attached to an aromatic ring is 1. The number of ether oxygens (including phenoxy) is 1. The lowest BCUT2D eigenvalue weighted by Crippen LogP contribution is -2.03. The van der Waals surface area contributed by atoms with E-state index < -0.39 is 5.97 Å². The number of nitrogens with two attached hydrogens (primary N) is 1. The number of aryl methyl sites for hydroxylation is 1. The standard InChI is InChI=1S/C14H14N2O3/c1-8-4-3-5-11(9(8)2)19-12-7-16-13(15)6-10(12)14(17)18/h3-7H,1-2H3,(H2,15,16)(H,17,18). The van der Waals surface area contributed by atoms with Gasteiger partial charge >= 0.3 is 5.97 Å². The summed E-state index contributed by atoms with van der Waals surface area (Å²) in [6.45, 7) is 3.87. The maximum absolute atomic E-state index is 11.2. The minimum atomic E-state index is -1.10. The number of rotatable bonds is 3. The van der Waals surface area contributed by atoms with E-state index in [4.69, 9.17) is 15.6 Å². The number of aromatic nitrogens is 1. The molecule has 5 nitrogen and oxygen atoms in total. The first kappa shape index (κ1) is 12.9. The highest BCUT2D eigenvalue weighted by atomic mass is 16.5. The number of pyridine rings is 1. The lowest BCUT2D eigenvalue weighted by Gasteiger charge is -2.12. The second kappa shape index (κ2) is 4.97. The van der Waals surface area contributed by atoms with Crippen LogP contribution in [-0.4, -0.2) is 16.1 Å². The van der Waals surface area contributed by atoms with Crippen molar-refractivity contribution in [3.05, 3.63) is 47.2 Å². The molecule has 0 saturated carbocycles. The number of carboxylic acid groups (broad SMARTS) is 1. The summed E-state index contributed by atoms with van der Waals surface area (Å²) in [5.41, 5.74) is 7.50. The topological polar surface area (TPSA) is 85.4 Å².